The van der Waals surface area contributed by atoms with Crippen LogP contribution in [0.15, 0.2) is 77.1 Å². The van der Waals surface area contributed by atoms with Crippen molar-refractivity contribution in [1.82, 2.24) is 10.2 Å². The molecule has 0 radical (unpaired) electrons. The first-order valence-electron chi connectivity index (χ1n) is 9.97. The van der Waals surface area contributed by atoms with Crippen molar-refractivity contribution in [3.05, 3.63) is 88.9 Å². The average Bonchev–Trinajstić information content (AvgIpc) is 3.28. The summed E-state index contributed by atoms with van der Waals surface area (Å²) < 4.78 is 0.585. The van der Waals surface area contributed by atoms with Crippen molar-refractivity contribution in [3.63, 3.8) is 0 Å². The number of aromatic nitrogens is 2. The third-order valence-corrected chi connectivity index (χ3v) is 7.04. The number of hydrogen-bond donors (Lipinski definition) is 2. The molecule has 0 spiro atoms. The molecule has 1 heterocycles. The molecule has 0 aliphatic heterocycles. The normalized spacial score (nSPS) is 10.6. The van der Waals surface area contributed by atoms with Gasteiger partial charge in [-0.15, -0.1) is 10.2 Å². The van der Waals surface area contributed by atoms with Gasteiger partial charge in [-0.1, -0.05) is 83.2 Å². The number of hydrogen-bond acceptors (Lipinski definition) is 6. The molecule has 0 unspecified atom stereocenters. The molecule has 3 aromatic carbocycles. The van der Waals surface area contributed by atoms with E-state index >= 15 is 0 Å². The van der Waals surface area contributed by atoms with Crippen LogP contribution < -0.4 is 10.6 Å². The van der Waals surface area contributed by atoms with Gasteiger partial charge in [0.2, 0.25) is 11.0 Å². The third kappa shape index (κ3) is 6.19. The van der Waals surface area contributed by atoms with Crippen LogP contribution in [-0.4, -0.2) is 27.8 Å². The van der Waals surface area contributed by atoms with Gasteiger partial charge in [0.05, 0.1) is 5.75 Å². The number of rotatable bonds is 7. The number of carbonyl (C=O) groups is 2. The molecule has 4 aromatic rings. The molecular weight excluding hydrogens is 476 g/mol. The number of anilines is 2. The van der Waals surface area contributed by atoms with Crippen LogP contribution in [0.5, 0.6) is 0 Å². The smallest absolute Gasteiger partial charge is 0.257 e. The molecule has 2 amide bonds. The lowest BCUT2D eigenvalue weighted by Crippen LogP contribution is -2.13. The second-order valence-corrected chi connectivity index (χ2v) is 9.68. The van der Waals surface area contributed by atoms with Gasteiger partial charge >= 0.3 is 0 Å². The number of thioether (sulfide) groups is 1. The zero-order chi connectivity index (χ0) is 23.2. The Balaban J connectivity index is 1.29. The van der Waals surface area contributed by atoms with Crippen LogP contribution in [-0.2, 0) is 4.79 Å². The van der Waals surface area contributed by atoms with Gasteiger partial charge in [-0.2, -0.15) is 0 Å². The highest BCUT2D eigenvalue weighted by atomic mass is 35.5. The second-order valence-electron chi connectivity index (χ2n) is 7.07. The van der Waals surface area contributed by atoms with Gasteiger partial charge in [0.15, 0.2) is 4.34 Å². The Kier molecular flexibility index (Phi) is 7.39. The molecule has 0 saturated carbocycles. The zero-order valence-electron chi connectivity index (χ0n) is 17.5. The molecule has 166 valence electrons. The molecule has 0 aliphatic rings. The molecule has 0 aliphatic carbocycles. The van der Waals surface area contributed by atoms with Crippen LogP contribution in [0.4, 0.5) is 10.8 Å². The van der Waals surface area contributed by atoms with Gasteiger partial charge < -0.3 is 5.32 Å². The number of amides is 2. The van der Waals surface area contributed by atoms with E-state index in [1.807, 2.05) is 55.5 Å². The minimum absolute atomic E-state index is 0.162. The van der Waals surface area contributed by atoms with Crippen molar-refractivity contribution >= 4 is 57.3 Å². The average molecular weight is 495 g/mol. The van der Waals surface area contributed by atoms with Gasteiger partial charge in [0, 0.05) is 16.3 Å². The fourth-order valence-electron chi connectivity index (χ4n) is 2.93. The number of benzene rings is 3. The van der Waals surface area contributed by atoms with Gasteiger partial charge in [-0.05, 0) is 47.9 Å². The number of aryl methyl sites for hydroxylation is 1. The van der Waals surface area contributed by atoms with E-state index in [-0.39, 0.29) is 17.6 Å². The lowest BCUT2D eigenvalue weighted by molar-refractivity contribution is -0.113. The van der Waals surface area contributed by atoms with Crippen molar-refractivity contribution in [2.75, 3.05) is 16.4 Å². The van der Waals surface area contributed by atoms with Crippen LogP contribution in [0.25, 0.3) is 11.1 Å². The first-order chi connectivity index (χ1) is 16.0. The summed E-state index contributed by atoms with van der Waals surface area (Å²) in [7, 11) is 0. The Morgan fingerprint density at radius 2 is 1.67 bits per heavy atom. The molecule has 9 heteroatoms. The first kappa shape index (κ1) is 23.0. The van der Waals surface area contributed by atoms with E-state index in [0.29, 0.717) is 25.7 Å². The lowest BCUT2D eigenvalue weighted by atomic mass is 10.0. The molecule has 6 nitrogen and oxygen atoms in total. The number of nitrogens with zero attached hydrogens (tertiary/aromatic N) is 2. The van der Waals surface area contributed by atoms with Crippen molar-refractivity contribution in [2.24, 2.45) is 0 Å². The molecule has 1 aromatic heterocycles. The van der Waals surface area contributed by atoms with Gasteiger partial charge in [-0.3, -0.25) is 14.9 Å². The molecule has 2 N–H and O–H groups in total. The second kappa shape index (κ2) is 10.6. The quantitative estimate of drug-likeness (QED) is 0.238. The topological polar surface area (TPSA) is 84.0 Å². The van der Waals surface area contributed by atoms with Gasteiger partial charge in [-0.25, -0.2) is 0 Å². The van der Waals surface area contributed by atoms with Crippen LogP contribution in [0, 0.1) is 6.92 Å². The maximum atomic E-state index is 12.5. The van der Waals surface area contributed by atoms with Gasteiger partial charge in [0.25, 0.3) is 5.91 Å². The molecular formula is C24H19ClN4O2S2. The zero-order valence-corrected chi connectivity index (χ0v) is 19.9. The lowest BCUT2D eigenvalue weighted by Gasteiger charge is -2.06. The fraction of sp³-hybridized carbons (Fsp3) is 0.0833. The highest BCUT2D eigenvalue weighted by Crippen LogP contribution is 2.27. The highest BCUT2D eigenvalue weighted by molar-refractivity contribution is 8.01. The van der Waals surface area contributed by atoms with E-state index in [1.165, 1.54) is 23.1 Å². The Labute approximate surface area is 204 Å². The molecule has 4 rings (SSSR count). The monoisotopic (exact) mass is 494 g/mol. The van der Waals surface area contributed by atoms with E-state index in [2.05, 4.69) is 20.8 Å². The SMILES string of the molecule is Cc1ccc(NC(=O)CSc2nnc(NC(=O)c3ccc(-c4ccccc4)cc3)s2)cc1Cl. The molecule has 0 bridgehead atoms. The van der Waals surface area contributed by atoms with Crippen molar-refractivity contribution in [3.8, 4) is 11.1 Å². The summed E-state index contributed by atoms with van der Waals surface area (Å²) in [5.74, 6) is -0.287. The van der Waals surface area contributed by atoms with Gasteiger partial charge in [0.1, 0.15) is 0 Å². The summed E-state index contributed by atoms with van der Waals surface area (Å²) in [5.41, 5.74) is 4.23. The number of carbonyl (C=O) groups excluding carboxylic acids is 2. The summed E-state index contributed by atoms with van der Waals surface area (Å²) in [4.78, 5) is 24.7. The van der Waals surface area contributed by atoms with E-state index in [1.54, 1.807) is 24.3 Å². The first-order valence-corrected chi connectivity index (χ1v) is 12.1. The van der Waals surface area contributed by atoms with E-state index in [9.17, 15) is 9.59 Å². The molecule has 0 atom stereocenters. The van der Waals surface area contributed by atoms with E-state index in [0.717, 1.165) is 16.7 Å². The largest absolute Gasteiger partial charge is 0.325 e. The van der Waals surface area contributed by atoms with Crippen molar-refractivity contribution in [1.29, 1.82) is 0 Å². The minimum atomic E-state index is -0.267. The Bertz CT molecular complexity index is 1280. The van der Waals surface area contributed by atoms with E-state index < -0.39 is 0 Å². The maximum absolute atomic E-state index is 12.5. The predicted molar refractivity (Wildman–Crippen MR) is 135 cm³/mol. The van der Waals surface area contributed by atoms with Crippen LogP contribution in [0.3, 0.4) is 0 Å². The summed E-state index contributed by atoms with van der Waals surface area (Å²) >= 11 is 8.55. The summed E-state index contributed by atoms with van der Waals surface area (Å²) in [6.07, 6.45) is 0. The fourth-order valence-corrected chi connectivity index (χ4v) is 4.66. The standard InChI is InChI=1S/C24H19ClN4O2S2/c1-15-7-12-19(13-20(15)25)26-21(30)14-32-24-29-28-23(33-24)27-22(31)18-10-8-17(9-11-18)16-5-3-2-4-6-16/h2-13H,14H2,1H3,(H,26,30)(H,27,28,31). The molecule has 33 heavy (non-hydrogen) atoms. The minimum Gasteiger partial charge on any atom is -0.325 e. The summed E-state index contributed by atoms with van der Waals surface area (Å²) in [6.45, 7) is 1.90. The van der Waals surface area contributed by atoms with Crippen molar-refractivity contribution < 1.29 is 9.59 Å². The van der Waals surface area contributed by atoms with Crippen LogP contribution in [0.2, 0.25) is 5.02 Å². The van der Waals surface area contributed by atoms with Crippen LogP contribution in [0.1, 0.15) is 15.9 Å². The maximum Gasteiger partial charge on any atom is 0.257 e. The Hall–Kier alpha value is -3.20. The summed E-state index contributed by atoms with van der Waals surface area (Å²) in [5, 5.41) is 14.6. The number of nitrogens with one attached hydrogen (secondary N) is 2. The Morgan fingerprint density at radius 3 is 2.39 bits per heavy atom. The Morgan fingerprint density at radius 1 is 0.939 bits per heavy atom. The number of halogens is 1. The van der Waals surface area contributed by atoms with E-state index in [4.69, 9.17) is 11.6 Å². The highest BCUT2D eigenvalue weighted by Gasteiger charge is 2.12. The predicted octanol–water partition coefficient (Wildman–Crippen LogP) is 6.15. The molecule has 0 fully saturated rings. The third-order valence-electron chi connectivity index (χ3n) is 4.66. The molecule has 0 saturated heterocycles. The summed E-state index contributed by atoms with van der Waals surface area (Å²) in [6, 6.07) is 22.7. The van der Waals surface area contributed by atoms with Crippen molar-refractivity contribution in [2.45, 2.75) is 11.3 Å². The van der Waals surface area contributed by atoms with Crippen LogP contribution >= 0.6 is 34.7 Å².